The smallest absolute Gasteiger partial charge is 0.0601 e. The standard InChI is InChI=1S/C16H29N/c1-13(2)7-6-12-17(5)16-10-8-15(9-11-16)14(3)4/h13-16H,8-12H2,1-5H3. The summed E-state index contributed by atoms with van der Waals surface area (Å²) in [5, 5.41) is 0. The molecule has 0 amide bonds. The monoisotopic (exact) mass is 235 g/mol. The van der Waals surface area contributed by atoms with Gasteiger partial charge < -0.3 is 0 Å². The van der Waals surface area contributed by atoms with Crippen molar-refractivity contribution >= 4 is 0 Å². The molecule has 0 spiro atoms. The van der Waals surface area contributed by atoms with E-state index in [1.807, 2.05) is 0 Å². The predicted molar refractivity (Wildman–Crippen MR) is 75.8 cm³/mol. The van der Waals surface area contributed by atoms with E-state index >= 15 is 0 Å². The largest absolute Gasteiger partial charge is 0.292 e. The fourth-order valence-electron chi connectivity index (χ4n) is 2.71. The summed E-state index contributed by atoms with van der Waals surface area (Å²) in [6, 6.07) is 0.770. The summed E-state index contributed by atoms with van der Waals surface area (Å²) in [5.74, 6) is 8.87. The molecule has 1 heteroatoms. The SMILES string of the molecule is CC(C)C#CCN(C)C1CCC(C(C)C)CC1. The molecule has 0 aromatic carbocycles. The molecular formula is C16H29N. The van der Waals surface area contributed by atoms with Crippen LogP contribution in [0, 0.1) is 29.6 Å². The van der Waals surface area contributed by atoms with Gasteiger partial charge in [-0.05, 0) is 44.6 Å². The van der Waals surface area contributed by atoms with Crippen molar-refractivity contribution in [2.24, 2.45) is 17.8 Å². The van der Waals surface area contributed by atoms with Crippen molar-refractivity contribution in [2.45, 2.75) is 59.4 Å². The predicted octanol–water partition coefficient (Wildman–Crippen LogP) is 3.79. The maximum atomic E-state index is 3.29. The first-order chi connectivity index (χ1) is 8.00. The van der Waals surface area contributed by atoms with Crippen LogP contribution in [0.3, 0.4) is 0 Å². The van der Waals surface area contributed by atoms with Crippen molar-refractivity contribution in [3.05, 3.63) is 0 Å². The highest BCUT2D eigenvalue weighted by atomic mass is 15.1. The van der Waals surface area contributed by atoms with Crippen LogP contribution in [0.5, 0.6) is 0 Å². The normalized spacial score (nSPS) is 25.2. The van der Waals surface area contributed by atoms with E-state index < -0.39 is 0 Å². The van der Waals surface area contributed by atoms with Crippen molar-refractivity contribution in [3.63, 3.8) is 0 Å². The minimum Gasteiger partial charge on any atom is -0.292 e. The molecular weight excluding hydrogens is 206 g/mol. The Labute approximate surface area is 108 Å². The lowest BCUT2D eigenvalue weighted by Gasteiger charge is -2.35. The van der Waals surface area contributed by atoms with Gasteiger partial charge in [-0.3, -0.25) is 4.90 Å². The zero-order valence-corrected chi connectivity index (χ0v) is 12.3. The molecule has 1 aliphatic carbocycles. The van der Waals surface area contributed by atoms with E-state index in [2.05, 4.69) is 51.5 Å². The quantitative estimate of drug-likeness (QED) is 0.673. The van der Waals surface area contributed by atoms with Crippen molar-refractivity contribution in [3.8, 4) is 11.8 Å². The number of hydrogen-bond donors (Lipinski definition) is 0. The third kappa shape index (κ3) is 5.13. The fourth-order valence-corrected chi connectivity index (χ4v) is 2.71. The van der Waals surface area contributed by atoms with Crippen molar-refractivity contribution in [2.75, 3.05) is 13.6 Å². The molecule has 1 fully saturated rings. The van der Waals surface area contributed by atoms with Gasteiger partial charge in [0, 0.05) is 12.0 Å². The van der Waals surface area contributed by atoms with E-state index in [0.717, 1.165) is 24.4 Å². The maximum Gasteiger partial charge on any atom is 0.0601 e. The Bertz CT molecular complexity index is 261. The lowest BCUT2D eigenvalue weighted by molar-refractivity contribution is 0.159. The Hall–Kier alpha value is -0.480. The van der Waals surface area contributed by atoms with E-state index in [4.69, 9.17) is 0 Å². The molecule has 0 saturated heterocycles. The molecule has 1 aliphatic rings. The zero-order chi connectivity index (χ0) is 12.8. The van der Waals surface area contributed by atoms with Crippen molar-refractivity contribution in [1.29, 1.82) is 0 Å². The Morgan fingerprint density at radius 3 is 2.12 bits per heavy atom. The van der Waals surface area contributed by atoms with E-state index in [9.17, 15) is 0 Å². The number of hydrogen-bond acceptors (Lipinski definition) is 1. The second kappa shape index (κ2) is 7.07. The molecule has 0 atom stereocenters. The minimum atomic E-state index is 0.500. The van der Waals surface area contributed by atoms with E-state index in [1.54, 1.807) is 0 Å². The third-order valence-corrected chi connectivity index (χ3v) is 4.03. The molecule has 17 heavy (non-hydrogen) atoms. The van der Waals surface area contributed by atoms with E-state index in [1.165, 1.54) is 25.7 Å². The lowest BCUT2D eigenvalue weighted by Crippen LogP contribution is -2.36. The van der Waals surface area contributed by atoms with Gasteiger partial charge >= 0.3 is 0 Å². The Morgan fingerprint density at radius 1 is 1.06 bits per heavy atom. The topological polar surface area (TPSA) is 3.24 Å². The van der Waals surface area contributed by atoms with E-state index in [-0.39, 0.29) is 0 Å². The highest BCUT2D eigenvalue weighted by molar-refractivity contribution is 5.03. The van der Waals surface area contributed by atoms with Gasteiger partial charge in [0.05, 0.1) is 6.54 Å². The summed E-state index contributed by atoms with van der Waals surface area (Å²) in [6.07, 6.45) is 5.54. The molecule has 1 rings (SSSR count). The molecule has 1 nitrogen and oxygen atoms in total. The molecule has 98 valence electrons. The van der Waals surface area contributed by atoms with Gasteiger partial charge in [0.15, 0.2) is 0 Å². The summed E-state index contributed by atoms with van der Waals surface area (Å²) < 4.78 is 0. The van der Waals surface area contributed by atoms with Crippen LogP contribution in [0.25, 0.3) is 0 Å². The summed E-state index contributed by atoms with van der Waals surface area (Å²) in [7, 11) is 2.23. The van der Waals surface area contributed by atoms with Crippen LogP contribution in [0.4, 0.5) is 0 Å². The third-order valence-electron chi connectivity index (χ3n) is 4.03. The van der Waals surface area contributed by atoms with Crippen LogP contribution < -0.4 is 0 Å². The molecule has 1 saturated carbocycles. The first-order valence-electron chi connectivity index (χ1n) is 7.19. The summed E-state index contributed by atoms with van der Waals surface area (Å²) in [6.45, 7) is 9.97. The molecule has 0 N–H and O–H groups in total. The van der Waals surface area contributed by atoms with Crippen LogP contribution in [0.2, 0.25) is 0 Å². The first-order valence-corrected chi connectivity index (χ1v) is 7.19. The molecule has 0 radical (unpaired) electrons. The molecule has 0 aliphatic heterocycles. The van der Waals surface area contributed by atoms with Gasteiger partial charge in [0.2, 0.25) is 0 Å². The first kappa shape index (κ1) is 14.6. The summed E-state index contributed by atoms with van der Waals surface area (Å²) in [4.78, 5) is 2.45. The zero-order valence-electron chi connectivity index (χ0n) is 12.3. The second-order valence-electron chi connectivity index (χ2n) is 6.20. The van der Waals surface area contributed by atoms with Gasteiger partial charge in [-0.1, -0.05) is 39.5 Å². The van der Waals surface area contributed by atoms with Gasteiger partial charge in [0.1, 0.15) is 0 Å². The van der Waals surface area contributed by atoms with Gasteiger partial charge in [0.25, 0.3) is 0 Å². The molecule has 0 bridgehead atoms. The van der Waals surface area contributed by atoms with Crippen molar-refractivity contribution in [1.82, 2.24) is 4.90 Å². The molecule has 0 aromatic heterocycles. The van der Waals surface area contributed by atoms with Gasteiger partial charge in [-0.15, -0.1) is 0 Å². The number of rotatable bonds is 3. The molecule has 0 aromatic rings. The van der Waals surface area contributed by atoms with Gasteiger partial charge in [-0.2, -0.15) is 0 Å². The van der Waals surface area contributed by atoms with Gasteiger partial charge in [-0.25, -0.2) is 0 Å². The maximum absolute atomic E-state index is 3.29. The summed E-state index contributed by atoms with van der Waals surface area (Å²) in [5.41, 5.74) is 0. The highest BCUT2D eigenvalue weighted by Crippen LogP contribution is 2.31. The lowest BCUT2D eigenvalue weighted by atomic mass is 9.79. The molecule has 0 heterocycles. The fraction of sp³-hybridized carbons (Fsp3) is 0.875. The van der Waals surface area contributed by atoms with Crippen LogP contribution in [-0.2, 0) is 0 Å². The van der Waals surface area contributed by atoms with Crippen molar-refractivity contribution < 1.29 is 0 Å². The Morgan fingerprint density at radius 2 is 1.65 bits per heavy atom. The Balaban J connectivity index is 2.31. The average Bonchev–Trinajstić information content (AvgIpc) is 2.28. The number of nitrogens with zero attached hydrogens (tertiary/aromatic N) is 1. The van der Waals surface area contributed by atoms with Crippen LogP contribution >= 0.6 is 0 Å². The Kier molecular flexibility index (Phi) is 6.06. The minimum absolute atomic E-state index is 0.500. The summed E-state index contributed by atoms with van der Waals surface area (Å²) >= 11 is 0. The van der Waals surface area contributed by atoms with Crippen LogP contribution in [0.15, 0.2) is 0 Å². The van der Waals surface area contributed by atoms with Crippen LogP contribution in [-0.4, -0.2) is 24.5 Å². The van der Waals surface area contributed by atoms with Crippen LogP contribution in [0.1, 0.15) is 53.4 Å². The average molecular weight is 235 g/mol. The molecule has 0 unspecified atom stereocenters. The second-order valence-corrected chi connectivity index (χ2v) is 6.20. The highest BCUT2D eigenvalue weighted by Gasteiger charge is 2.24. The van der Waals surface area contributed by atoms with E-state index in [0.29, 0.717) is 5.92 Å².